The fourth-order valence-electron chi connectivity index (χ4n) is 3.61. The van der Waals surface area contributed by atoms with Crippen LogP contribution in [0.15, 0.2) is 0 Å². The summed E-state index contributed by atoms with van der Waals surface area (Å²) in [5.74, 6) is 0. The van der Waals surface area contributed by atoms with E-state index in [1.807, 2.05) is 0 Å². The zero-order valence-electron chi connectivity index (χ0n) is 23.4. The first-order valence-corrected chi connectivity index (χ1v) is 15.1. The predicted octanol–water partition coefficient (Wildman–Crippen LogP) is 3.48. The van der Waals surface area contributed by atoms with Crippen LogP contribution in [0.2, 0.25) is 0 Å². The normalized spacial score (nSPS) is 10.7. The van der Waals surface area contributed by atoms with Gasteiger partial charge in [0.1, 0.15) is 0 Å². The Kier molecular flexibility index (Phi) is 45.2. The molecule has 0 aliphatic heterocycles. The zero-order valence-corrected chi connectivity index (χ0v) is 26.2. The van der Waals surface area contributed by atoms with Gasteiger partial charge in [0, 0.05) is 6.61 Å². The first kappa shape index (κ1) is 42.8. The van der Waals surface area contributed by atoms with Gasteiger partial charge in [-0.3, -0.25) is 4.18 Å². The molecule has 0 rings (SSSR count). The maximum atomic E-state index is 10.1. The van der Waals surface area contributed by atoms with Crippen LogP contribution in [-0.2, 0) is 19.3 Å². The smallest absolute Gasteiger partial charge is 0.726 e. The maximum absolute atomic E-state index is 10.1. The molecule has 9 heteroatoms. The van der Waals surface area contributed by atoms with Crippen molar-refractivity contribution in [2.45, 2.75) is 142 Å². The second kappa shape index (κ2) is 36.9. The van der Waals surface area contributed by atoms with Crippen LogP contribution in [0.4, 0.5) is 0 Å². The van der Waals surface area contributed by atoms with E-state index in [0.29, 0.717) is 13.0 Å². The van der Waals surface area contributed by atoms with E-state index < -0.39 is 10.4 Å². The largest absolute Gasteiger partial charge is 1.00 e. The molecule has 0 aromatic carbocycles. The quantitative estimate of drug-likeness (QED) is 0.0823. The standard InChI is InChI=1S/C14H30O2.C12H26O4S.Na.H2O/c1-2-3-4-5-6-7-8-9-10-11-13-16-14-12-15;1-2-3-4-5-6-7-8-9-10-11-12-16-17(13,14)15;;/h15H,2-14H2,1H3;2-12H2,1H3,(H,13,14,15);;1H2/q;;+1;/p-1. The van der Waals surface area contributed by atoms with E-state index >= 15 is 0 Å². The van der Waals surface area contributed by atoms with E-state index in [1.165, 1.54) is 103 Å². The van der Waals surface area contributed by atoms with Crippen LogP contribution in [0.5, 0.6) is 0 Å². The van der Waals surface area contributed by atoms with E-state index in [0.717, 1.165) is 25.9 Å². The van der Waals surface area contributed by atoms with E-state index in [1.54, 1.807) is 0 Å². The van der Waals surface area contributed by atoms with Crippen molar-refractivity contribution in [3.05, 3.63) is 0 Å². The second-order valence-electron chi connectivity index (χ2n) is 8.93. The Labute approximate surface area is 240 Å². The molecule has 0 aromatic heterocycles. The molecule has 0 fully saturated rings. The molecule has 0 heterocycles. The molecular weight excluding hydrogens is 479 g/mol. The Hall–Kier alpha value is 0.750. The van der Waals surface area contributed by atoms with Crippen molar-refractivity contribution in [3.8, 4) is 0 Å². The van der Waals surface area contributed by atoms with Crippen LogP contribution in [0.1, 0.15) is 142 Å². The van der Waals surface area contributed by atoms with Crippen molar-refractivity contribution >= 4 is 10.4 Å². The van der Waals surface area contributed by atoms with Crippen molar-refractivity contribution in [3.63, 3.8) is 0 Å². The van der Waals surface area contributed by atoms with Gasteiger partial charge in [0.2, 0.25) is 10.4 Å². The van der Waals surface area contributed by atoms with Gasteiger partial charge in [-0.15, -0.1) is 0 Å². The molecule has 0 radical (unpaired) electrons. The molecule has 0 saturated carbocycles. The molecule has 0 aliphatic carbocycles. The molecule has 0 bridgehead atoms. The molecule has 0 aromatic rings. The van der Waals surface area contributed by atoms with Gasteiger partial charge in [-0.25, -0.2) is 8.42 Å². The van der Waals surface area contributed by atoms with Crippen LogP contribution in [-0.4, -0.2) is 50.0 Å². The summed E-state index contributed by atoms with van der Waals surface area (Å²) in [7, 11) is -4.48. The van der Waals surface area contributed by atoms with Crippen LogP contribution in [0.3, 0.4) is 0 Å². The maximum Gasteiger partial charge on any atom is 1.00 e. The van der Waals surface area contributed by atoms with Gasteiger partial charge in [-0.2, -0.15) is 0 Å². The van der Waals surface area contributed by atoms with E-state index in [-0.39, 0.29) is 48.2 Å². The Balaban J connectivity index is -0.000000260. The number of unbranched alkanes of at least 4 members (excludes halogenated alkanes) is 18. The summed E-state index contributed by atoms with van der Waals surface area (Å²) in [6.45, 7) is 5.97. The minimum atomic E-state index is -4.48. The van der Waals surface area contributed by atoms with Crippen LogP contribution in [0, 0.1) is 0 Å². The molecule has 35 heavy (non-hydrogen) atoms. The Bertz CT molecular complexity index is 437. The van der Waals surface area contributed by atoms with Crippen molar-refractivity contribution < 1.29 is 62.0 Å². The Morgan fingerprint density at radius 3 is 1.20 bits per heavy atom. The zero-order chi connectivity index (χ0) is 24.9. The first-order valence-electron chi connectivity index (χ1n) is 13.8. The summed E-state index contributed by atoms with van der Waals surface area (Å²) in [6, 6.07) is 0. The van der Waals surface area contributed by atoms with Gasteiger partial charge < -0.3 is 19.9 Å². The van der Waals surface area contributed by atoms with Gasteiger partial charge in [0.05, 0.1) is 19.8 Å². The Morgan fingerprint density at radius 1 is 0.571 bits per heavy atom. The van der Waals surface area contributed by atoms with E-state index in [2.05, 4.69) is 18.0 Å². The molecule has 0 amide bonds. The number of ether oxygens (including phenoxy) is 1. The van der Waals surface area contributed by atoms with Gasteiger partial charge in [-0.05, 0) is 12.8 Å². The molecular formula is C26H57NaO7S. The summed E-state index contributed by atoms with van der Waals surface area (Å²) in [5.41, 5.74) is 0. The molecule has 7 nitrogen and oxygen atoms in total. The van der Waals surface area contributed by atoms with Crippen LogP contribution >= 0.6 is 0 Å². The molecule has 0 saturated heterocycles. The second-order valence-corrected chi connectivity index (χ2v) is 9.98. The molecule has 0 atom stereocenters. The molecule has 0 unspecified atom stereocenters. The molecule has 210 valence electrons. The average Bonchev–Trinajstić information content (AvgIpc) is 2.78. The first-order chi connectivity index (χ1) is 16.0. The number of rotatable bonds is 25. The van der Waals surface area contributed by atoms with E-state index in [4.69, 9.17) is 9.84 Å². The average molecular weight is 537 g/mol. The molecule has 0 aliphatic rings. The predicted molar refractivity (Wildman–Crippen MR) is 141 cm³/mol. The number of aliphatic hydroxyl groups excluding tert-OH is 1. The van der Waals surface area contributed by atoms with Gasteiger partial charge in [0.15, 0.2) is 0 Å². The SMILES string of the molecule is CCCCCCCCCCCCOCCO.CCCCCCCCCCCCOS(=O)(=O)[O-].O.[Na+]. The van der Waals surface area contributed by atoms with Gasteiger partial charge >= 0.3 is 29.6 Å². The summed E-state index contributed by atoms with van der Waals surface area (Å²) in [6.07, 6.45) is 25.3. The van der Waals surface area contributed by atoms with Crippen LogP contribution < -0.4 is 29.6 Å². The third-order valence-electron chi connectivity index (χ3n) is 5.60. The van der Waals surface area contributed by atoms with Crippen molar-refractivity contribution in [2.75, 3.05) is 26.4 Å². The Morgan fingerprint density at radius 2 is 0.886 bits per heavy atom. The summed E-state index contributed by atoms with van der Waals surface area (Å²) in [4.78, 5) is 0. The summed E-state index contributed by atoms with van der Waals surface area (Å²) < 4.78 is 39.7. The van der Waals surface area contributed by atoms with Crippen molar-refractivity contribution in [2.24, 2.45) is 0 Å². The summed E-state index contributed by atoms with van der Waals surface area (Å²) >= 11 is 0. The summed E-state index contributed by atoms with van der Waals surface area (Å²) in [5, 5.41) is 8.50. The van der Waals surface area contributed by atoms with Gasteiger partial charge in [0.25, 0.3) is 0 Å². The van der Waals surface area contributed by atoms with Crippen molar-refractivity contribution in [1.29, 1.82) is 0 Å². The van der Waals surface area contributed by atoms with Crippen LogP contribution in [0.25, 0.3) is 0 Å². The minimum absolute atomic E-state index is 0. The number of aliphatic hydroxyl groups is 1. The fourth-order valence-corrected chi connectivity index (χ4v) is 3.93. The minimum Gasteiger partial charge on any atom is -0.726 e. The van der Waals surface area contributed by atoms with E-state index in [9.17, 15) is 13.0 Å². The number of hydrogen-bond donors (Lipinski definition) is 1. The van der Waals surface area contributed by atoms with Crippen molar-refractivity contribution in [1.82, 2.24) is 0 Å². The third-order valence-corrected chi connectivity index (χ3v) is 6.06. The monoisotopic (exact) mass is 536 g/mol. The topological polar surface area (TPSA) is 127 Å². The molecule has 0 spiro atoms. The molecule has 3 N–H and O–H groups in total. The fraction of sp³-hybridized carbons (Fsp3) is 1.00. The number of hydrogen-bond acceptors (Lipinski definition) is 6. The van der Waals surface area contributed by atoms with Gasteiger partial charge in [-0.1, -0.05) is 129 Å². The third kappa shape index (κ3) is 48.4.